The number of aromatic hydroxyl groups is 1. The Morgan fingerprint density at radius 2 is 2.11 bits per heavy atom. The first kappa shape index (κ1) is 12.9. The second-order valence-corrected chi connectivity index (χ2v) is 5.14. The lowest BCUT2D eigenvalue weighted by Crippen LogP contribution is -2.39. The second kappa shape index (κ2) is 4.61. The standard InChI is InChI=1S/C14H20N2O2/c1-10(11-5-3-4-6-12(11)17)16(2)13(18)14(9-15)7-8-14/h3-6,10,17H,7-9,15H2,1-2H3. The lowest BCUT2D eigenvalue weighted by molar-refractivity contribution is -0.137. The molecule has 0 saturated heterocycles. The van der Waals surface area contributed by atoms with Crippen LogP contribution in [0.3, 0.4) is 0 Å². The van der Waals surface area contributed by atoms with E-state index < -0.39 is 0 Å². The number of rotatable bonds is 4. The zero-order valence-corrected chi connectivity index (χ0v) is 10.9. The summed E-state index contributed by atoms with van der Waals surface area (Å²) in [5, 5.41) is 9.82. The topological polar surface area (TPSA) is 66.6 Å². The van der Waals surface area contributed by atoms with Gasteiger partial charge < -0.3 is 15.7 Å². The zero-order valence-electron chi connectivity index (χ0n) is 10.9. The maximum atomic E-state index is 12.3. The van der Waals surface area contributed by atoms with Crippen LogP contribution in [-0.2, 0) is 4.79 Å². The number of nitrogens with zero attached hydrogens (tertiary/aromatic N) is 1. The van der Waals surface area contributed by atoms with Crippen molar-refractivity contribution in [2.75, 3.05) is 13.6 Å². The fourth-order valence-electron chi connectivity index (χ4n) is 2.26. The van der Waals surface area contributed by atoms with Gasteiger partial charge in [-0.2, -0.15) is 0 Å². The van der Waals surface area contributed by atoms with Crippen molar-refractivity contribution in [2.45, 2.75) is 25.8 Å². The van der Waals surface area contributed by atoms with Crippen LogP contribution in [0.2, 0.25) is 0 Å². The minimum atomic E-state index is -0.340. The molecule has 1 unspecified atom stereocenters. The molecule has 2 rings (SSSR count). The van der Waals surface area contributed by atoms with Crippen molar-refractivity contribution in [3.8, 4) is 5.75 Å². The van der Waals surface area contributed by atoms with Crippen LogP contribution in [0.1, 0.15) is 31.4 Å². The summed E-state index contributed by atoms with van der Waals surface area (Å²) in [6.45, 7) is 2.32. The smallest absolute Gasteiger partial charge is 0.230 e. The van der Waals surface area contributed by atoms with E-state index in [1.165, 1.54) is 0 Å². The van der Waals surface area contributed by atoms with E-state index in [0.717, 1.165) is 18.4 Å². The van der Waals surface area contributed by atoms with Gasteiger partial charge in [-0.1, -0.05) is 18.2 Å². The molecule has 0 aromatic heterocycles. The summed E-state index contributed by atoms with van der Waals surface area (Å²) in [6, 6.07) is 6.96. The highest BCUT2D eigenvalue weighted by Gasteiger charge is 2.50. The molecule has 3 N–H and O–H groups in total. The van der Waals surface area contributed by atoms with Gasteiger partial charge in [0, 0.05) is 19.2 Å². The third-order valence-electron chi connectivity index (χ3n) is 3.99. The summed E-state index contributed by atoms with van der Waals surface area (Å²) in [5.74, 6) is 0.308. The number of phenols is 1. The Balaban J connectivity index is 2.17. The SMILES string of the molecule is CC(c1ccccc1O)N(C)C(=O)C1(CN)CC1. The molecule has 0 aliphatic heterocycles. The number of benzene rings is 1. The molecule has 1 aromatic carbocycles. The molecule has 4 nitrogen and oxygen atoms in total. The molecule has 1 fully saturated rings. The number of nitrogens with two attached hydrogens (primary N) is 1. The van der Waals surface area contributed by atoms with Crippen LogP contribution in [0.25, 0.3) is 0 Å². The molecule has 1 aliphatic rings. The van der Waals surface area contributed by atoms with Crippen molar-refractivity contribution in [1.29, 1.82) is 0 Å². The highest BCUT2D eigenvalue weighted by molar-refractivity contribution is 5.85. The summed E-state index contributed by atoms with van der Waals surface area (Å²) in [4.78, 5) is 14.0. The number of hydrogen-bond donors (Lipinski definition) is 2. The van der Waals surface area contributed by atoms with Gasteiger partial charge in [-0.25, -0.2) is 0 Å². The van der Waals surface area contributed by atoms with E-state index in [4.69, 9.17) is 5.73 Å². The molecule has 0 radical (unpaired) electrons. The number of hydrogen-bond acceptors (Lipinski definition) is 3. The molecule has 1 aliphatic carbocycles. The van der Waals surface area contributed by atoms with Crippen molar-refractivity contribution in [2.24, 2.45) is 11.1 Å². The number of phenolic OH excluding ortho intramolecular Hbond substituents is 1. The Kier molecular flexibility index (Phi) is 3.30. The quantitative estimate of drug-likeness (QED) is 0.851. The zero-order chi connectivity index (χ0) is 13.3. The monoisotopic (exact) mass is 248 g/mol. The van der Waals surface area contributed by atoms with E-state index in [1.54, 1.807) is 24.1 Å². The van der Waals surface area contributed by atoms with E-state index in [-0.39, 0.29) is 23.1 Å². The highest BCUT2D eigenvalue weighted by atomic mass is 16.3. The molecular weight excluding hydrogens is 228 g/mol. The van der Waals surface area contributed by atoms with Gasteiger partial charge in [0.1, 0.15) is 5.75 Å². The maximum Gasteiger partial charge on any atom is 0.230 e. The fraction of sp³-hybridized carbons (Fsp3) is 0.500. The Morgan fingerprint density at radius 1 is 1.50 bits per heavy atom. The predicted molar refractivity (Wildman–Crippen MR) is 70.0 cm³/mol. The average molecular weight is 248 g/mol. The van der Waals surface area contributed by atoms with Gasteiger partial charge in [-0.05, 0) is 25.8 Å². The van der Waals surface area contributed by atoms with Crippen LogP contribution < -0.4 is 5.73 Å². The van der Waals surface area contributed by atoms with Gasteiger partial charge in [-0.3, -0.25) is 4.79 Å². The number of para-hydroxylation sites is 1. The molecular formula is C14H20N2O2. The van der Waals surface area contributed by atoms with Crippen molar-refractivity contribution in [3.63, 3.8) is 0 Å². The van der Waals surface area contributed by atoms with Crippen molar-refractivity contribution in [1.82, 2.24) is 4.90 Å². The molecule has 1 amide bonds. The molecule has 1 saturated carbocycles. The molecule has 1 aromatic rings. The first-order valence-electron chi connectivity index (χ1n) is 6.27. The molecule has 1 atom stereocenters. The summed E-state index contributed by atoms with van der Waals surface area (Å²) in [6.07, 6.45) is 1.75. The van der Waals surface area contributed by atoms with Gasteiger partial charge >= 0.3 is 0 Å². The van der Waals surface area contributed by atoms with Crippen LogP contribution in [0.4, 0.5) is 0 Å². The van der Waals surface area contributed by atoms with Gasteiger partial charge in [0.15, 0.2) is 0 Å². The van der Waals surface area contributed by atoms with Crippen molar-refractivity contribution < 1.29 is 9.90 Å². The van der Waals surface area contributed by atoms with Crippen LogP contribution >= 0.6 is 0 Å². The Morgan fingerprint density at radius 3 is 2.61 bits per heavy atom. The predicted octanol–water partition coefficient (Wildman–Crippen LogP) is 1.65. The average Bonchev–Trinajstić information content (AvgIpc) is 3.18. The van der Waals surface area contributed by atoms with E-state index in [1.807, 2.05) is 19.1 Å². The minimum absolute atomic E-state index is 0.0840. The Labute approximate surface area is 107 Å². The molecule has 98 valence electrons. The summed E-state index contributed by atoms with van der Waals surface area (Å²) in [7, 11) is 1.77. The molecule has 18 heavy (non-hydrogen) atoms. The van der Waals surface area contributed by atoms with Gasteiger partial charge in [-0.15, -0.1) is 0 Å². The normalized spacial score (nSPS) is 18.2. The van der Waals surface area contributed by atoms with E-state index >= 15 is 0 Å². The largest absolute Gasteiger partial charge is 0.508 e. The first-order valence-corrected chi connectivity index (χ1v) is 6.27. The molecule has 0 heterocycles. The van der Waals surface area contributed by atoms with Crippen LogP contribution in [0.15, 0.2) is 24.3 Å². The van der Waals surface area contributed by atoms with Crippen LogP contribution in [-0.4, -0.2) is 29.5 Å². The number of carbonyl (C=O) groups excluding carboxylic acids is 1. The molecule has 4 heteroatoms. The summed E-state index contributed by atoms with van der Waals surface area (Å²) >= 11 is 0. The van der Waals surface area contributed by atoms with Gasteiger partial charge in [0.05, 0.1) is 11.5 Å². The van der Waals surface area contributed by atoms with Crippen LogP contribution in [0, 0.1) is 5.41 Å². The fourth-order valence-corrected chi connectivity index (χ4v) is 2.26. The molecule has 0 bridgehead atoms. The Hall–Kier alpha value is -1.55. The minimum Gasteiger partial charge on any atom is -0.508 e. The lowest BCUT2D eigenvalue weighted by Gasteiger charge is -2.29. The number of carbonyl (C=O) groups is 1. The second-order valence-electron chi connectivity index (χ2n) is 5.14. The summed E-state index contributed by atoms with van der Waals surface area (Å²) < 4.78 is 0. The van der Waals surface area contributed by atoms with E-state index in [0.29, 0.717) is 6.54 Å². The molecule has 0 spiro atoms. The third-order valence-corrected chi connectivity index (χ3v) is 3.99. The number of amides is 1. The Bertz CT molecular complexity index is 455. The third kappa shape index (κ3) is 2.08. The van der Waals surface area contributed by atoms with Crippen LogP contribution in [0.5, 0.6) is 5.75 Å². The van der Waals surface area contributed by atoms with E-state index in [2.05, 4.69) is 0 Å². The first-order chi connectivity index (χ1) is 8.52. The van der Waals surface area contributed by atoms with Crippen molar-refractivity contribution >= 4 is 5.91 Å². The van der Waals surface area contributed by atoms with Crippen molar-refractivity contribution in [3.05, 3.63) is 29.8 Å². The summed E-state index contributed by atoms with van der Waals surface area (Å²) in [5.41, 5.74) is 6.10. The van der Waals surface area contributed by atoms with E-state index in [9.17, 15) is 9.90 Å². The maximum absolute atomic E-state index is 12.3. The van der Waals surface area contributed by atoms with Gasteiger partial charge in [0.2, 0.25) is 5.91 Å². The lowest BCUT2D eigenvalue weighted by atomic mass is 10.0. The highest BCUT2D eigenvalue weighted by Crippen LogP contribution is 2.47. The van der Waals surface area contributed by atoms with Gasteiger partial charge in [0.25, 0.3) is 0 Å².